The van der Waals surface area contributed by atoms with Crippen LogP contribution in [-0.2, 0) is 95.2 Å². The van der Waals surface area contributed by atoms with Gasteiger partial charge in [-0.1, -0.05) is 26.2 Å². The van der Waals surface area contributed by atoms with E-state index in [1.165, 1.54) is 20.8 Å². The highest BCUT2D eigenvalue weighted by Crippen LogP contribution is 2.25. The lowest BCUT2D eigenvalue weighted by Crippen LogP contribution is -2.64. The number of hydrazine groups is 1. The lowest BCUT2D eigenvalue weighted by atomic mass is 9.97. The van der Waals surface area contributed by atoms with Gasteiger partial charge in [-0.25, -0.2) is 0 Å². The number of rotatable bonds is 44. The van der Waals surface area contributed by atoms with Crippen molar-refractivity contribution in [2.75, 3.05) is 125 Å². The van der Waals surface area contributed by atoms with Crippen LogP contribution < -0.4 is 21.4 Å². The van der Waals surface area contributed by atoms with Crippen molar-refractivity contribution in [2.24, 2.45) is 0 Å². The minimum atomic E-state index is -1.58. The van der Waals surface area contributed by atoms with Crippen LogP contribution in [0.5, 0.6) is 0 Å². The molecule has 16 atom stereocenters. The molecule has 36 nitrogen and oxygen atoms in total. The van der Waals surface area contributed by atoms with E-state index >= 15 is 0 Å². The second-order valence-corrected chi connectivity index (χ2v) is 21.0. The number of hydrogen-bond donors (Lipinski definition) is 14. The Morgan fingerprint density at radius 3 is 1.17 bits per heavy atom. The molecule has 3 fully saturated rings. The number of imide groups is 1. The quantitative estimate of drug-likeness (QED) is 0.0199. The van der Waals surface area contributed by atoms with Crippen molar-refractivity contribution in [1.29, 1.82) is 0 Å². The number of carbonyl (C=O) groups excluding carboxylic acids is 7. The van der Waals surface area contributed by atoms with Gasteiger partial charge < -0.3 is 124 Å². The van der Waals surface area contributed by atoms with Crippen molar-refractivity contribution >= 4 is 47.3 Å². The zero-order valence-corrected chi connectivity index (χ0v) is 51.2. The molecule has 3 heterocycles. The van der Waals surface area contributed by atoms with Crippen LogP contribution in [0.1, 0.15) is 72.6 Å². The third kappa shape index (κ3) is 27.8. The van der Waals surface area contributed by atoms with Gasteiger partial charge in [-0.05, 0) is 19.3 Å². The van der Waals surface area contributed by atoms with Crippen LogP contribution in [-0.4, -0.2) is 332 Å². The number of ether oxygens (including phenoxy) is 12. The number of aliphatic hydroxyl groups excluding tert-OH is 9. The summed E-state index contributed by atoms with van der Waals surface area (Å²) in [4.78, 5) is 104. The SMILES string of the molecule is CCCCC(C(=O)N(CCCCCC(=O)O)NC(=O)COCCOCCO[C@@H]1O[C@H](CO)[C@H](O)[C@H](O)[C@H]1NC(C)=O)N(C(=O)COCCOCCO[C@@H]1O[C@H](CO)[C@H](O)[C@H](O)[C@H]1NC(C)=O)C(=O)COCCOCCO[C@@H]1O[C@H](CO)[C@H](O)[C@H](O)[C@H]1NC(C)=O. The van der Waals surface area contributed by atoms with Crippen LogP contribution in [0.3, 0.4) is 0 Å². The summed E-state index contributed by atoms with van der Waals surface area (Å²) in [5.74, 6) is -6.46. The molecule has 0 aromatic heterocycles. The van der Waals surface area contributed by atoms with E-state index in [1.807, 2.05) is 0 Å². The summed E-state index contributed by atoms with van der Waals surface area (Å²) in [7, 11) is 0. The highest BCUT2D eigenvalue weighted by Gasteiger charge is 2.48. The Morgan fingerprint density at radius 2 is 0.822 bits per heavy atom. The number of carboxylic acid groups (broad SMARTS) is 1. The Bertz CT molecular complexity index is 2070. The number of amides is 7. The zero-order valence-electron chi connectivity index (χ0n) is 51.2. The monoisotopic (exact) mass is 1310 g/mol. The van der Waals surface area contributed by atoms with Crippen LogP contribution >= 0.6 is 0 Å². The van der Waals surface area contributed by atoms with Gasteiger partial charge >= 0.3 is 5.97 Å². The topological polar surface area (TPSA) is 504 Å². The molecule has 3 rings (SSSR count). The average Bonchev–Trinajstić information content (AvgIpc) is 1.07. The molecule has 36 heteroatoms. The number of nitrogens with one attached hydrogen (secondary N) is 4. The molecule has 0 aliphatic carbocycles. The molecule has 520 valence electrons. The van der Waals surface area contributed by atoms with E-state index in [0.29, 0.717) is 11.3 Å². The fourth-order valence-corrected chi connectivity index (χ4v) is 9.34. The second-order valence-electron chi connectivity index (χ2n) is 21.0. The van der Waals surface area contributed by atoms with Gasteiger partial charge in [0.2, 0.25) is 17.7 Å². The number of carboxylic acids is 1. The number of aliphatic carboxylic acids is 1. The molecule has 7 amide bonds. The minimum Gasteiger partial charge on any atom is -0.481 e. The van der Waals surface area contributed by atoms with Gasteiger partial charge in [-0.3, -0.25) is 53.7 Å². The molecule has 90 heavy (non-hydrogen) atoms. The van der Waals surface area contributed by atoms with E-state index in [0.717, 1.165) is 5.01 Å². The van der Waals surface area contributed by atoms with Crippen LogP contribution in [0, 0.1) is 0 Å². The summed E-state index contributed by atoms with van der Waals surface area (Å²) in [5.41, 5.74) is 2.48. The first-order valence-corrected chi connectivity index (χ1v) is 29.7. The highest BCUT2D eigenvalue weighted by molar-refractivity contribution is 6.01. The molecule has 14 N–H and O–H groups in total. The molecule has 1 unspecified atom stereocenters. The average molecular weight is 1310 g/mol. The van der Waals surface area contributed by atoms with Crippen LogP contribution in [0.4, 0.5) is 0 Å². The van der Waals surface area contributed by atoms with Crippen LogP contribution in [0.15, 0.2) is 0 Å². The lowest BCUT2D eigenvalue weighted by molar-refractivity contribution is -0.272. The Balaban J connectivity index is 1.69. The number of nitrogens with zero attached hydrogens (tertiary/aromatic N) is 2. The maximum atomic E-state index is 14.8. The fraction of sp³-hybridized carbons (Fsp3) is 0.852. The van der Waals surface area contributed by atoms with Crippen molar-refractivity contribution in [1.82, 2.24) is 31.3 Å². The van der Waals surface area contributed by atoms with Crippen molar-refractivity contribution in [3.63, 3.8) is 0 Å². The molecule has 3 aliphatic rings. The van der Waals surface area contributed by atoms with Gasteiger partial charge in [0.05, 0.1) is 99.1 Å². The zero-order chi connectivity index (χ0) is 66.7. The number of hydrogen-bond acceptors (Lipinski definition) is 29. The van der Waals surface area contributed by atoms with Crippen molar-refractivity contribution < 1.29 is 146 Å². The standard InChI is InChI=1S/C54H94N6O30/c1-5-6-10-34(51(78)59(12-9-7-8-11-41(70)71)58-38(67)28-82-16-13-79-19-22-85-52-42(55-31(2)64)48(75)45(72)35(25-61)88-52)60(39(68)29-83-17-14-80-20-23-86-53-43(56-32(3)65)49(76)46(73)36(26-62)89-53)40(69)30-84-18-15-81-21-24-87-54-44(57-33(4)66)50(77)47(74)37(27-63)90-54/h34-37,42-50,52-54,61-63,72-77H,5-30H2,1-4H3,(H,55,64)(H,56,65)(H,57,66)(H,58,67)(H,70,71)/t34?,35-,36-,37-,42-,43-,44-,45+,46+,47+,48-,49-,50-,52-,53-,54-/m1/s1. The first-order valence-electron chi connectivity index (χ1n) is 29.7. The molecule has 0 aromatic rings. The van der Waals surface area contributed by atoms with E-state index in [-0.39, 0.29) is 124 Å². The predicted molar refractivity (Wildman–Crippen MR) is 300 cm³/mol. The predicted octanol–water partition coefficient (Wildman–Crippen LogP) is -7.61. The molecular weight excluding hydrogens is 1210 g/mol. The molecule has 0 aromatic carbocycles. The van der Waals surface area contributed by atoms with Crippen molar-refractivity contribution in [3.8, 4) is 0 Å². The third-order valence-electron chi connectivity index (χ3n) is 13.8. The van der Waals surface area contributed by atoms with Gasteiger partial charge in [0.1, 0.15) is 98.9 Å². The number of unbranched alkanes of at least 4 members (excludes halogenated alkanes) is 3. The maximum absolute atomic E-state index is 14.8. The molecule has 0 spiro atoms. The molecule has 3 saturated heterocycles. The molecule has 0 saturated carbocycles. The van der Waals surface area contributed by atoms with Gasteiger partial charge in [-0.15, -0.1) is 0 Å². The second kappa shape index (κ2) is 43.9. The molecule has 3 aliphatic heterocycles. The van der Waals surface area contributed by atoms with Gasteiger partial charge in [0.25, 0.3) is 23.6 Å². The van der Waals surface area contributed by atoms with Crippen LogP contribution in [0.25, 0.3) is 0 Å². The lowest BCUT2D eigenvalue weighted by Gasteiger charge is -2.42. The van der Waals surface area contributed by atoms with E-state index in [4.69, 9.17) is 56.8 Å². The Hall–Kier alpha value is -4.88. The third-order valence-corrected chi connectivity index (χ3v) is 13.8. The number of aliphatic hydroxyl groups is 9. The number of carbonyl (C=O) groups is 8. The maximum Gasteiger partial charge on any atom is 0.303 e. The Kier molecular flexibility index (Phi) is 38.7. The smallest absolute Gasteiger partial charge is 0.303 e. The molecular formula is C54H94N6O30. The Labute approximate surface area is 519 Å². The molecule has 0 bridgehead atoms. The fourth-order valence-electron chi connectivity index (χ4n) is 9.34. The summed E-state index contributed by atoms with van der Waals surface area (Å²) in [6, 6.07) is -5.14. The van der Waals surface area contributed by atoms with E-state index in [1.54, 1.807) is 6.92 Å². The summed E-state index contributed by atoms with van der Waals surface area (Å²) in [6.45, 7) is -0.879. The van der Waals surface area contributed by atoms with Gasteiger partial charge in [0.15, 0.2) is 18.9 Å². The summed E-state index contributed by atoms with van der Waals surface area (Å²) in [5, 5.41) is 109. The van der Waals surface area contributed by atoms with Crippen molar-refractivity contribution in [3.05, 3.63) is 0 Å². The highest BCUT2D eigenvalue weighted by atomic mass is 16.7. The largest absolute Gasteiger partial charge is 0.481 e. The Morgan fingerprint density at radius 1 is 0.467 bits per heavy atom. The first kappa shape index (κ1) is 79.4. The van der Waals surface area contributed by atoms with Crippen LogP contribution in [0.2, 0.25) is 0 Å². The normalized spacial score (nSPS) is 27.1. The summed E-state index contributed by atoms with van der Waals surface area (Å²) in [6.07, 6.45) is -15.5. The van der Waals surface area contributed by atoms with Crippen molar-refractivity contribution in [2.45, 2.75) is 171 Å². The van der Waals surface area contributed by atoms with E-state index in [9.17, 15) is 89.4 Å². The summed E-state index contributed by atoms with van der Waals surface area (Å²) < 4.78 is 66.7. The van der Waals surface area contributed by atoms with E-state index < -0.39 is 185 Å². The first-order chi connectivity index (χ1) is 43.0. The summed E-state index contributed by atoms with van der Waals surface area (Å²) >= 11 is 0. The minimum absolute atomic E-state index is 0.0769. The van der Waals surface area contributed by atoms with Gasteiger partial charge in [0, 0.05) is 33.7 Å². The van der Waals surface area contributed by atoms with E-state index in [2.05, 4.69) is 21.4 Å². The van der Waals surface area contributed by atoms with Gasteiger partial charge in [-0.2, -0.15) is 0 Å². The molecule has 0 radical (unpaired) electrons.